The first-order chi connectivity index (χ1) is 6.13. The molecule has 0 spiro atoms. The number of carbonyl (C=O) groups is 1. The smallest absolute Gasteiger partial charge is 0.307 e. The third-order valence-electron chi connectivity index (χ3n) is 1.65. The Bertz CT molecular complexity index is 325. The molecule has 0 saturated carbocycles. The van der Waals surface area contributed by atoms with E-state index >= 15 is 0 Å². The lowest BCUT2D eigenvalue weighted by atomic mass is 10.1. The Morgan fingerprint density at radius 3 is 2.69 bits per heavy atom. The highest BCUT2D eigenvalue weighted by molar-refractivity contribution is 14.1. The lowest BCUT2D eigenvalue weighted by Gasteiger charge is -2.04. The largest absolute Gasteiger partial charge is 0.481 e. The van der Waals surface area contributed by atoms with Gasteiger partial charge in [-0.15, -0.1) is 0 Å². The van der Waals surface area contributed by atoms with E-state index in [1.807, 2.05) is 18.2 Å². The van der Waals surface area contributed by atoms with Crippen molar-refractivity contribution >= 4 is 44.5 Å². The van der Waals surface area contributed by atoms with Crippen LogP contribution in [0.25, 0.3) is 0 Å². The van der Waals surface area contributed by atoms with Crippen molar-refractivity contribution in [2.75, 3.05) is 0 Å². The molecule has 0 aliphatic carbocycles. The predicted molar refractivity (Wildman–Crippen MR) is 63.1 cm³/mol. The number of carboxylic acid groups (broad SMARTS) is 1. The molecule has 0 aliphatic rings. The van der Waals surface area contributed by atoms with Crippen molar-refractivity contribution in [3.8, 4) is 0 Å². The van der Waals surface area contributed by atoms with Crippen molar-refractivity contribution in [2.45, 2.75) is 11.8 Å². The fourth-order valence-electron chi connectivity index (χ4n) is 1.05. The fourth-order valence-corrected chi connectivity index (χ4v) is 2.16. The quantitative estimate of drug-likeness (QED) is 0.669. The first-order valence-corrected chi connectivity index (χ1v) is 5.88. The maximum atomic E-state index is 10.5. The molecule has 13 heavy (non-hydrogen) atoms. The molecule has 0 atom stereocenters. The standard InChI is InChI=1S/C9H8BrIO2/c10-5-6-1-2-8(11)3-7(6)4-9(12)13/h1-3H,4-5H2,(H,12,13). The minimum Gasteiger partial charge on any atom is -0.481 e. The summed E-state index contributed by atoms with van der Waals surface area (Å²) in [6.07, 6.45) is 0.0950. The summed E-state index contributed by atoms with van der Waals surface area (Å²) in [5.41, 5.74) is 1.93. The van der Waals surface area contributed by atoms with Crippen LogP contribution in [0.15, 0.2) is 18.2 Å². The molecule has 4 heteroatoms. The van der Waals surface area contributed by atoms with Crippen LogP contribution in [0.2, 0.25) is 0 Å². The monoisotopic (exact) mass is 354 g/mol. The highest BCUT2D eigenvalue weighted by Gasteiger charge is 2.06. The molecular formula is C9H8BrIO2. The molecule has 1 aromatic carbocycles. The Hall–Kier alpha value is -0.100. The minimum atomic E-state index is -0.788. The zero-order valence-electron chi connectivity index (χ0n) is 6.76. The number of hydrogen-bond donors (Lipinski definition) is 1. The maximum Gasteiger partial charge on any atom is 0.307 e. The second kappa shape index (κ2) is 4.95. The molecule has 2 nitrogen and oxygen atoms in total. The van der Waals surface area contributed by atoms with Crippen molar-refractivity contribution < 1.29 is 9.90 Å². The number of hydrogen-bond acceptors (Lipinski definition) is 1. The van der Waals surface area contributed by atoms with Gasteiger partial charge in [-0.3, -0.25) is 4.79 Å². The molecule has 1 rings (SSSR count). The van der Waals surface area contributed by atoms with Gasteiger partial charge in [0.05, 0.1) is 6.42 Å². The van der Waals surface area contributed by atoms with Crippen molar-refractivity contribution in [1.29, 1.82) is 0 Å². The van der Waals surface area contributed by atoms with E-state index < -0.39 is 5.97 Å². The second-order valence-electron chi connectivity index (χ2n) is 2.62. The summed E-state index contributed by atoms with van der Waals surface area (Å²) in [7, 11) is 0. The number of halogens is 2. The molecule has 70 valence electrons. The van der Waals surface area contributed by atoms with Crippen molar-refractivity contribution in [3.63, 3.8) is 0 Å². The van der Waals surface area contributed by atoms with Gasteiger partial charge in [-0.05, 0) is 45.9 Å². The molecule has 0 saturated heterocycles. The molecule has 1 N–H and O–H groups in total. The summed E-state index contributed by atoms with van der Waals surface area (Å²) in [5.74, 6) is -0.788. The highest BCUT2D eigenvalue weighted by atomic mass is 127. The van der Waals surface area contributed by atoms with Crippen LogP contribution >= 0.6 is 38.5 Å². The van der Waals surface area contributed by atoms with E-state index in [0.717, 1.165) is 14.7 Å². The second-order valence-corrected chi connectivity index (χ2v) is 4.42. The molecule has 0 fully saturated rings. The molecule has 1 aromatic rings. The topological polar surface area (TPSA) is 37.3 Å². The summed E-state index contributed by atoms with van der Waals surface area (Å²) in [5, 5.41) is 9.36. The van der Waals surface area contributed by atoms with E-state index in [-0.39, 0.29) is 6.42 Å². The Labute approximate surface area is 98.6 Å². The van der Waals surface area contributed by atoms with E-state index in [1.165, 1.54) is 0 Å². The molecule has 0 radical (unpaired) electrons. The van der Waals surface area contributed by atoms with E-state index in [1.54, 1.807) is 0 Å². The zero-order chi connectivity index (χ0) is 9.84. The maximum absolute atomic E-state index is 10.5. The van der Waals surface area contributed by atoms with Crippen LogP contribution in [0.5, 0.6) is 0 Å². The third-order valence-corrected chi connectivity index (χ3v) is 2.93. The molecule has 0 heterocycles. The SMILES string of the molecule is O=C(O)Cc1cc(I)ccc1CBr. The number of aliphatic carboxylic acids is 1. The van der Waals surface area contributed by atoms with Crippen molar-refractivity contribution in [1.82, 2.24) is 0 Å². The Morgan fingerprint density at radius 2 is 2.15 bits per heavy atom. The Morgan fingerprint density at radius 1 is 1.46 bits per heavy atom. The van der Waals surface area contributed by atoms with Gasteiger partial charge in [0.1, 0.15) is 0 Å². The number of carboxylic acids is 1. The van der Waals surface area contributed by atoms with E-state index in [0.29, 0.717) is 5.33 Å². The van der Waals surface area contributed by atoms with Gasteiger partial charge in [0.2, 0.25) is 0 Å². The van der Waals surface area contributed by atoms with Crippen LogP contribution < -0.4 is 0 Å². The summed E-state index contributed by atoms with van der Waals surface area (Å²) < 4.78 is 1.07. The minimum absolute atomic E-state index is 0.0950. The van der Waals surface area contributed by atoms with Gasteiger partial charge in [-0.2, -0.15) is 0 Å². The molecule has 0 aliphatic heterocycles. The molecule has 0 aromatic heterocycles. The van der Waals surface area contributed by atoms with Gasteiger partial charge in [-0.25, -0.2) is 0 Å². The molecule has 0 bridgehead atoms. The van der Waals surface area contributed by atoms with E-state index in [9.17, 15) is 4.79 Å². The Kier molecular flexibility index (Phi) is 4.18. The fraction of sp³-hybridized carbons (Fsp3) is 0.222. The Balaban J connectivity index is 3.01. The van der Waals surface area contributed by atoms with E-state index in [2.05, 4.69) is 38.5 Å². The van der Waals surface area contributed by atoms with Gasteiger partial charge < -0.3 is 5.11 Å². The average molecular weight is 355 g/mol. The van der Waals surface area contributed by atoms with Crippen LogP contribution in [0.1, 0.15) is 11.1 Å². The van der Waals surface area contributed by atoms with Crippen LogP contribution in [-0.4, -0.2) is 11.1 Å². The van der Waals surface area contributed by atoms with Gasteiger partial charge in [0, 0.05) is 8.90 Å². The zero-order valence-corrected chi connectivity index (χ0v) is 10.5. The van der Waals surface area contributed by atoms with Crippen LogP contribution in [0.3, 0.4) is 0 Å². The van der Waals surface area contributed by atoms with Crippen LogP contribution in [0.4, 0.5) is 0 Å². The van der Waals surface area contributed by atoms with Crippen molar-refractivity contribution in [3.05, 3.63) is 32.9 Å². The molecule has 0 amide bonds. The van der Waals surface area contributed by atoms with Gasteiger partial charge in [-0.1, -0.05) is 22.0 Å². The summed E-state index contributed by atoms with van der Waals surface area (Å²) in [4.78, 5) is 10.5. The lowest BCUT2D eigenvalue weighted by Crippen LogP contribution is -2.03. The summed E-state index contributed by atoms with van der Waals surface area (Å²) in [6, 6.07) is 5.84. The number of alkyl halides is 1. The van der Waals surface area contributed by atoms with E-state index in [4.69, 9.17) is 5.11 Å². The van der Waals surface area contributed by atoms with Gasteiger partial charge in [0.25, 0.3) is 0 Å². The third kappa shape index (κ3) is 3.27. The first-order valence-electron chi connectivity index (χ1n) is 3.68. The lowest BCUT2D eigenvalue weighted by molar-refractivity contribution is -0.136. The molecular weight excluding hydrogens is 347 g/mol. The van der Waals surface area contributed by atoms with Crippen LogP contribution in [-0.2, 0) is 16.5 Å². The number of benzene rings is 1. The molecule has 0 unspecified atom stereocenters. The van der Waals surface area contributed by atoms with Crippen molar-refractivity contribution in [2.24, 2.45) is 0 Å². The first kappa shape index (κ1) is 11.0. The van der Waals surface area contributed by atoms with Crippen LogP contribution in [0, 0.1) is 3.57 Å². The highest BCUT2D eigenvalue weighted by Crippen LogP contribution is 2.17. The van der Waals surface area contributed by atoms with Gasteiger partial charge in [0.15, 0.2) is 0 Å². The normalized spacial score (nSPS) is 10.0. The predicted octanol–water partition coefficient (Wildman–Crippen LogP) is 2.81. The summed E-state index contributed by atoms with van der Waals surface area (Å²) in [6.45, 7) is 0. The number of rotatable bonds is 3. The van der Waals surface area contributed by atoms with Gasteiger partial charge >= 0.3 is 5.97 Å². The average Bonchev–Trinajstić information content (AvgIpc) is 2.03. The summed E-state index contributed by atoms with van der Waals surface area (Å²) >= 11 is 5.50.